The van der Waals surface area contributed by atoms with Crippen molar-refractivity contribution in [2.24, 2.45) is 0 Å². The van der Waals surface area contributed by atoms with Crippen LogP contribution in [0, 0.1) is 0 Å². The Morgan fingerprint density at radius 2 is 2.50 bits per heavy atom. The molecule has 62 valence electrons. The maximum absolute atomic E-state index is 11.0. The molecule has 12 heavy (non-hydrogen) atoms. The van der Waals surface area contributed by atoms with E-state index < -0.39 is 0 Å². The predicted molar refractivity (Wildman–Crippen MR) is 50.8 cm³/mol. The first-order valence-corrected chi connectivity index (χ1v) is 4.98. The third-order valence-corrected chi connectivity index (χ3v) is 3.42. The van der Waals surface area contributed by atoms with Gasteiger partial charge in [0.05, 0.1) is 0 Å². The highest BCUT2D eigenvalue weighted by Crippen LogP contribution is 2.23. The molecule has 0 saturated carbocycles. The van der Waals surface area contributed by atoms with Crippen LogP contribution >= 0.6 is 27.3 Å². The van der Waals surface area contributed by atoms with Crippen molar-refractivity contribution in [1.29, 1.82) is 0 Å². The first-order valence-electron chi connectivity index (χ1n) is 3.31. The zero-order valence-corrected chi connectivity index (χ0v) is 8.65. The highest BCUT2D eigenvalue weighted by Gasteiger charge is 2.11. The predicted octanol–water partition coefficient (Wildman–Crippen LogP) is 2.36. The van der Waals surface area contributed by atoms with Crippen molar-refractivity contribution < 1.29 is 4.79 Å². The average molecular weight is 245 g/mol. The molecule has 0 aliphatic rings. The van der Waals surface area contributed by atoms with E-state index in [2.05, 4.69) is 20.9 Å². The van der Waals surface area contributed by atoms with Crippen LogP contribution in [0.5, 0.6) is 0 Å². The minimum atomic E-state index is 0.00634. The topological polar surface area (TPSA) is 34.4 Å². The summed E-state index contributed by atoms with van der Waals surface area (Å²) in [5.41, 5.74) is 0.547. The van der Waals surface area contributed by atoms with Gasteiger partial charge < -0.3 is 0 Å². The van der Waals surface area contributed by atoms with E-state index in [0.717, 1.165) is 9.43 Å². The van der Waals surface area contributed by atoms with E-state index in [1.807, 2.05) is 9.78 Å². The number of thiazole rings is 1. The van der Waals surface area contributed by atoms with Crippen molar-refractivity contribution in [1.82, 2.24) is 9.38 Å². The lowest BCUT2D eigenvalue weighted by Crippen LogP contribution is -1.90. The van der Waals surface area contributed by atoms with Crippen LogP contribution in [-0.2, 0) is 0 Å². The summed E-state index contributed by atoms with van der Waals surface area (Å²) in [5.74, 6) is 0.00634. The van der Waals surface area contributed by atoms with Crippen LogP contribution < -0.4 is 0 Å². The largest absolute Gasteiger partial charge is 0.293 e. The van der Waals surface area contributed by atoms with Crippen LogP contribution in [0.25, 0.3) is 4.83 Å². The first-order chi connectivity index (χ1) is 5.70. The Kier molecular flexibility index (Phi) is 1.77. The third kappa shape index (κ3) is 1.01. The number of hydrogen-bond acceptors (Lipinski definition) is 3. The molecule has 2 aromatic heterocycles. The van der Waals surface area contributed by atoms with Gasteiger partial charge in [-0.2, -0.15) is 0 Å². The van der Waals surface area contributed by atoms with Gasteiger partial charge in [-0.1, -0.05) is 0 Å². The Balaban J connectivity index is 2.79. The van der Waals surface area contributed by atoms with Crippen molar-refractivity contribution in [2.45, 2.75) is 6.92 Å². The molecule has 2 heterocycles. The minimum Gasteiger partial charge on any atom is -0.293 e. The van der Waals surface area contributed by atoms with E-state index in [1.54, 1.807) is 6.33 Å². The summed E-state index contributed by atoms with van der Waals surface area (Å²) in [6, 6.07) is 0. The third-order valence-electron chi connectivity index (χ3n) is 1.56. The Bertz CT molecular complexity index is 445. The van der Waals surface area contributed by atoms with Crippen LogP contribution in [0.15, 0.2) is 16.3 Å². The van der Waals surface area contributed by atoms with E-state index in [0.29, 0.717) is 5.69 Å². The van der Waals surface area contributed by atoms with Gasteiger partial charge >= 0.3 is 0 Å². The van der Waals surface area contributed by atoms with Gasteiger partial charge in [0.15, 0.2) is 5.78 Å². The monoisotopic (exact) mass is 244 g/mol. The number of carbonyl (C=O) groups is 1. The molecule has 0 radical (unpaired) electrons. The Morgan fingerprint density at radius 1 is 1.75 bits per heavy atom. The molecule has 0 aromatic carbocycles. The lowest BCUT2D eigenvalue weighted by Gasteiger charge is -1.84. The molecular formula is C7H5BrN2OS. The maximum Gasteiger partial charge on any atom is 0.181 e. The molecule has 0 atom stereocenters. The lowest BCUT2D eigenvalue weighted by atomic mass is 10.3. The van der Waals surface area contributed by atoms with Gasteiger partial charge in [0.25, 0.3) is 0 Å². The molecule has 0 fully saturated rings. The molecule has 0 unspecified atom stereocenters. The van der Waals surface area contributed by atoms with Crippen molar-refractivity contribution in [3.63, 3.8) is 0 Å². The smallest absolute Gasteiger partial charge is 0.181 e. The molecule has 3 nitrogen and oxygen atoms in total. The average Bonchev–Trinajstić information content (AvgIpc) is 2.53. The summed E-state index contributed by atoms with van der Waals surface area (Å²) in [6.07, 6.45) is 1.65. The zero-order chi connectivity index (χ0) is 8.72. The second kappa shape index (κ2) is 2.67. The van der Waals surface area contributed by atoms with Crippen LogP contribution in [-0.4, -0.2) is 15.2 Å². The number of fused-ring (bicyclic) bond motifs is 1. The van der Waals surface area contributed by atoms with E-state index in [4.69, 9.17) is 0 Å². The van der Waals surface area contributed by atoms with Crippen molar-refractivity contribution in [3.8, 4) is 0 Å². The molecule has 0 bridgehead atoms. The van der Waals surface area contributed by atoms with Crippen molar-refractivity contribution >= 4 is 37.9 Å². The molecule has 0 aliphatic carbocycles. The number of aromatic nitrogens is 2. The number of ketones is 1. The summed E-state index contributed by atoms with van der Waals surface area (Å²) in [6.45, 7) is 1.52. The number of nitrogens with zero attached hydrogens (tertiary/aromatic N) is 2. The highest BCUT2D eigenvalue weighted by molar-refractivity contribution is 9.10. The van der Waals surface area contributed by atoms with E-state index in [-0.39, 0.29) is 5.78 Å². The molecule has 0 amide bonds. The summed E-state index contributed by atoms with van der Waals surface area (Å²) in [5, 5.41) is 1.93. The fourth-order valence-electron chi connectivity index (χ4n) is 1.00. The number of hydrogen-bond donors (Lipinski definition) is 0. The van der Waals surface area contributed by atoms with E-state index in [9.17, 15) is 4.79 Å². The zero-order valence-electron chi connectivity index (χ0n) is 6.24. The summed E-state index contributed by atoms with van der Waals surface area (Å²) >= 11 is 4.86. The standard InChI is InChI=1S/C7H5BrN2OS/c1-4(11)6-7-10(3-9-6)5(8)2-12-7/h2-3H,1H3. The van der Waals surface area contributed by atoms with E-state index >= 15 is 0 Å². The fraction of sp³-hybridized carbons (Fsp3) is 0.143. The van der Waals surface area contributed by atoms with Crippen LogP contribution in [0.3, 0.4) is 0 Å². The first kappa shape index (κ1) is 7.94. The molecule has 0 N–H and O–H groups in total. The molecule has 2 rings (SSSR count). The van der Waals surface area contributed by atoms with Crippen molar-refractivity contribution in [2.75, 3.05) is 0 Å². The van der Waals surface area contributed by atoms with Crippen LogP contribution in [0.1, 0.15) is 17.4 Å². The van der Waals surface area contributed by atoms with Gasteiger partial charge in [0.1, 0.15) is 21.5 Å². The second-order valence-corrected chi connectivity index (χ2v) is 4.05. The lowest BCUT2D eigenvalue weighted by molar-refractivity contribution is 0.101. The normalized spacial score (nSPS) is 10.8. The van der Waals surface area contributed by atoms with Gasteiger partial charge in [0.2, 0.25) is 0 Å². The van der Waals surface area contributed by atoms with Gasteiger partial charge in [-0.15, -0.1) is 11.3 Å². The van der Waals surface area contributed by atoms with Crippen molar-refractivity contribution in [3.05, 3.63) is 22.0 Å². The maximum atomic E-state index is 11.0. The van der Waals surface area contributed by atoms with E-state index in [1.165, 1.54) is 18.3 Å². The molecule has 0 aliphatic heterocycles. The van der Waals surface area contributed by atoms with Crippen LogP contribution in [0.4, 0.5) is 0 Å². The summed E-state index contributed by atoms with van der Waals surface area (Å²) in [7, 11) is 0. The molecule has 0 saturated heterocycles. The quantitative estimate of drug-likeness (QED) is 0.723. The molecular weight excluding hydrogens is 240 g/mol. The Morgan fingerprint density at radius 3 is 3.17 bits per heavy atom. The number of imidazole rings is 1. The van der Waals surface area contributed by atoms with Gasteiger partial charge in [0, 0.05) is 12.3 Å². The Hall–Kier alpha value is -0.680. The molecule has 0 spiro atoms. The Labute approximate surface area is 81.2 Å². The number of Topliss-reactive ketones (excluding diaryl/α,β-unsaturated/α-hetero) is 1. The number of rotatable bonds is 1. The molecule has 2 aromatic rings. The number of carbonyl (C=O) groups excluding carboxylic acids is 1. The van der Waals surface area contributed by atoms with Crippen LogP contribution in [0.2, 0.25) is 0 Å². The summed E-state index contributed by atoms with van der Waals surface area (Å²) in [4.78, 5) is 16.0. The minimum absolute atomic E-state index is 0.00634. The fourth-order valence-corrected chi connectivity index (χ4v) is 2.56. The van der Waals surface area contributed by atoms with Gasteiger partial charge in [-0.05, 0) is 15.9 Å². The number of halogens is 1. The molecule has 5 heteroatoms. The summed E-state index contributed by atoms with van der Waals surface area (Å²) < 4.78 is 2.78. The van der Waals surface area contributed by atoms with Gasteiger partial charge in [-0.3, -0.25) is 9.20 Å². The highest BCUT2D eigenvalue weighted by atomic mass is 79.9. The van der Waals surface area contributed by atoms with Gasteiger partial charge in [-0.25, -0.2) is 4.98 Å². The second-order valence-electron chi connectivity index (χ2n) is 2.38. The SMILES string of the molecule is CC(=O)c1ncn2c(Br)csc12.